The van der Waals surface area contributed by atoms with Gasteiger partial charge in [-0.2, -0.15) is 4.99 Å². The number of amidine groups is 1. The van der Waals surface area contributed by atoms with Crippen molar-refractivity contribution in [2.45, 2.75) is 6.92 Å². The minimum atomic E-state index is -0.378. The second-order valence-corrected chi connectivity index (χ2v) is 6.34. The molecule has 0 spiro atoms. The van der Waals surface area contributed by atoms with E-state index in [1.54, 1.807) is 12.2 Å². The number of nitrogens with zero attached hydrogens (tertiary/aromatic N) is 1. The van der Waals surface area contributed by atoms with Crippen LogP contribution in [0.1, 0.15) is 12.5 Å². The van der Waals surface area contributed by atoms with E-state index >= 15 is 0 Å². The number of carbonyl (C=O) groups is 2. The van der Waals surface area contributed by atoms with Crippen LogP contribution in [-0.2, 0) is 9.59 Å². The van der Waals surface area contributed by atoms with E-state index in [0.717, 1.165) is 28.1 Å². The van der Waals surface area contributed by atoms with Crippen LogP contribution in [0, 0.1) is 0 Å². The summed E-state index contributed by atoms with van der Waals surface area (Å²) in [6, 6.07) is 11.7. The number of carbonyl (C=O) groups excluding carboxylic acids is 2. The first-order valence-corrected chi connectivity index (χ1v) is 8.45. The fourth-order valence-electron chi connectivity index (χ4n) is 2.44. The van der Waals surface area contributed by atoms with E-state index in [-0.39, 0.29) is 17.0 Å². The Kier molecular flexibility index (Phi) is 5.00. The molecule has 0 atom stereocenters. The fraction of sp³-hybridized carbons (Fsp3) is 0.105. The van der Waals surface area contributed by atoms with Crippen molar-refractivity contribution in [1.29, 1.82) is 0 Å². The van der Waals surface area contributed by atoms with Gasteiger partial charge in [0, 0.05) is 12.5 Å². The maximum atomic E-state index is 12.1. The summed E-state index contributed by atoms with van der Waals surface area (Å²) in [5, 5.41) is 4.84. The molecular formula is C19H16N2O3S. The Hall–Kier alpha value is -2.86. The summed E-state index contributed by atoms with van der Waals surface area (Å²) in [4.78, 5) is 27.6. The Labute approximate surface area is 149 Å². The molecule has 3 rings (SSSR count). The summed E-state index contributed by atoms with van der Waals surface area (Å²) in [5.41, 5.74) is 0.801. The number of aliphatic imine (C=N–C) groups is 1. The van der Waals surface area contributed by atoms with Crippen molar-refractivity contribution >= 4 is 45.6 Å². The summed E-state index contributed by atoms with van der Waals surface area (Å²) >= 11 is 1.14. The lowest BCUT2D eigenvalue weighted by Crippen LogP contribution is -2.23. The number of hydrogen-bond acceptors (Lipinski definition) is 4. The number of thioether (sulfide) groups is 1. The second kappa shape index (κ2) is 7.36. The highest BCUT2D eigenvalue weighted by atomic mass is 32.2. The Morgan fingerprint density at radius 1 is 1.32 bits per heavy atom. The highest BCUT2D eigenvalue weighted by Crippen LogP contribution is 2.34. The molecule has 1 aliphatic rings. The largest absolute Gasteiger partial charge is 0.489 e. The molecule has 0 saturated heterocycles. The molecule has 2 amide bonds. The van der Waals surface area contributed by atoms with Gasteiger partial charge in [0.05, 0.1) is 4.91 Å². The first kappa shape index (κ1) is 17.0. The predicted molar refractivity (Wildman–Crippen MR) is 101 cm³/mol. The number of benzene rings is 2. The molecule has 0 radical (unpaired) electrons. The normalized spacial score (nSPS) is 15.3. The number of fused-ring (bicyclic) bond motifs is 1. The Balaban J connectivity index is 2.03. The molecule has 0 unspecified atom stereocenters. The van der Waals surface area contributed by atoms with Gasteiger partial charge < -0.3 is 10.1 Å². The van der Waals surface area contributed by atoms with Crippen molar-refractivity contribution in [2.75, 3.05) is 6.61 Å². The molecule has 0 bridgehead atoms. The van der Waals surface area contributed by atoms with E-state index in [1.807, 2.05) is 36.4 Å². The third-order valence-corrected chi connectivity index (χ3v) is 4.37. The Bertz CT molecular complexity index is 931. The lowest BCUT2D eigenvalue weighted by molar-refractivity contribution is -0.117. The summed E-state index contributed by atoms with van der Waals surface area (Å²) in [5.74, 6) is 0.0179. The van der Waals surface area contributed by atoms with E-state index < -0.39 is 0 Å². The van der Waals surface area contributed by atoms with Gasteiger partial charge >= 0.3 is 0 Å². The van der Waals surface area contributed by atoms with Gasteiger partial charge in [-0.05, 0) is 34.7 Å². The minimum absolute atomic E-state index is 0.263. The molecule has 126 valence electrons. The van der Waals surface area contributed by atoms with Crippen molar-refractivity contribution in [1.82, 2.24) is 5.32 Å². The van der Waals surface area contributed by atoms with Crippen LogP contribution in [0.4, 0.5) is 0 Å². The van der Waals surface area contributed by atoms with Crippen LogP contribution in [0.3, 0.4) is 0 Å². The number of amides is 2. The average molecular weight is 352 g/mol. The smallest absolute Gasteiger partial charge is 0.286 e. The first-order valence-electron chi connectivity index (χ1n) is 7.64. The first-order chi connectivity index (χ1) is 12.1. The highest BCUT2D eigenvalue weighted by molar-refractivity contribution is 8.18. The maximum Gasteiger partial charge on any atom is 0.286 e. The van der Waals surface area contributed by atoms with Crippen molar-refractivity contribution < 1.29 is 14.3 Å². The van der Waals surface area contributed by atoms with Gasteiger partial charge in [-0.25, -0.2) is 0 Å². The van der Waals surface area contributed by atoms with Crippen molar-refractivity contribution in [2.24, 2.45) is 4.99 Å². The van der Waals surface area contributed by atoms with Crippen molar-refractivity contribution in [3.05, 3.63) is 59.5 Å². The van der Waals surface area contributed by atoms with E-state index in [1.165, 1.54) is 6.92 Å². The van der Waals surface area contributed by atoms with Crippen LogP contribution in [-0.4, -0.2) is 23.6 Å². The van der Waals surface area contributed by atoms with Gasteiger partial charge in [0.25, 0.3) is 5.91 Å². The molecule has 5 nitrogen and oxygen atoms in total. The molecule has 1 N–H and O–H groups in total. The highest BCUT2D eigenvalue weighted by Gasteiger charge is 2.23. The molecular weight excluding hydrogens is 336 g/mol. The van der Waals surface area contributed by atoms with Crippen molar-refractivity contribution in [3.8, 4) is 5.75 Å². The summed E-state index contributed by atoms with van der Waals surface area (Å²) in [7, 11) is 0. The quantitative estimate of drug-likeness (QED) is 0.675. The standard InChI is InChI=1S/C19H16N2O3S/c1-3-10-24-16-9-8-13-6-4-5-7-14(13)15(16)11-17-18(23)21-19(25-17)20-12(2)22/h3-9,11H,1,10H2,2H3,(H,20,21,22,23)/b17-11-. The van der Waals surface area contributed by atoms with E-state index in [9.17, 15) is 9.59 Å². The zero-order valence-corrected chi connectivity index (χ0v) is 14.4. The molecule has 0 aliphatic carbocycles. The number of rotatable bonds is 4. The van der Waals surface area contributed by atoms with Crippen molar-refractivity contribution in [3.63, 3.8) is 0 Å². The Morgan fingerprint density at radius 3 is 2.88 bits per heavy atom. The zero-order valence-electron chi connectivity index (χ0n) is 13.6. The molecule has 2 aromatic rings. The Morgan fingerprint density at radius 2 is 2.12 bits per heavy atom. The molecule has 25 heavy (non-hydrogen) atoms. The molecule has 0 aromatic heterocycles. The molecule has 0 saturated carbocycles. The van der Waals surface area contributed by atoms with Crippen LogP contribution < -0.4 is 10.1 Å². The van der Waals surface area contributed by atoms with Gasteiger partial charge in [0.15, 0.2) is 5.17 Å². The van der Waals surface area contributed by atoms with Gasteiger partial charge in [0.2, 0.25) is 5.91 Å². The third kappa shape index (κ3) is 3.80. The lowest BCUT2D eigenvalue weighted by Gasteiger charge is -2.11. The van der Waals surface area contributed by atoms with Gasteiger partial charge in [-0.3, -0.25) is 9.59 Å². The number of ether oxygens (including phenoxy) is 1. The monoisotopic (exact) mass is 352 g/mol. The molecule has 0 fully saturated rings. The predicted octanol–water partition coefficient (Wildman–Crippen LogP) is 3.51. The second-order valence-electron chi connectivity index (χ2n) is 5.31. The van der Waals surface area contributed by atoms with Gasteiger partial charge in [-0.1, -0.05) is 43.0 Å². The van der Waals surface area contributed by atoms with Gasteiger partial charge in [0.1, 0.15) is 12.4 Å². The third-order valence-electron chi connectivity index (χ3n) is 3.47. The average Bonchev–Trinajstić information content (AvgIpc) is 2.92. The fourth-order valence-corrected chi connectivity index (χ4v) is 3.28. The summed E-state index contributed by atoms with van der Waals surface area (Å²) in [6.45, 7) is 5.40. The molecule has 1 heterocycles. The van der Waals surface area contributed by atoms with Crippen LogP contribution in [0.15, 0.2) is 59.0 Å². The maximum absolute atomic E-state index is 12.1. The topological polar surface area (TPSA) is 67.8 Å². The molecule has 2 aromatic carbocycles. The molecule has 6 heteroatoms. The summed E-state index contributed by atoms with van der Waals surface area (Å²) in [6.07, 6.45) is 3.42. The summed E-state index contributed by atoms with van der Waals surface area (Å²) < 4.78 is 5.74. The van der Waals surface area contributed by atoms with E-state index in [4.69, 9.17) is 4.74 Å². The van der Waals surface area contributed by atoms with Crippen LogP contribution >= 0.6 is 11.8 Å². The van der Waals surface area contributed by atoms with Crippen LogP contribution in [0.25, 0.3) is 16.8 Å². The van der Waals surface area contributed by atoms with Crippen LogP contribution in [0.5, 0.6) is 5.75 Å². The number of nitrogens with one attached hydrogen (secondary N) is 1. The van der Waals surface area contributed by atoms with Crippen LogP contribution in [0.2, 0.25) is 0 Å². The SMILES string of the molecule is C=CCOc1ccc2ccccc2c1/C=C1\SC(NC(C)=O)=NC1=O. The lowest BCUT2D eigenvalue weighted by atomic mass is 10.0. The van der Waals surface area contributed by atoms with E-state index in [0.29, 0.717) is 17.3 Å². The number of hydrogen-bond donors (Lipinski definition) is 1. The zero-order chi connectivity index (χ0) is 17.8. The molecule has 1 aliphatic heterocycles. The van der Waals surface area contributed by atoms with Gasteiger partial charge in [-0.15, -0.1) is 0 Å². The van der Waals surface area contributed by atoms with E-state index in [2.05, 4.69) is 16.9 Å². The minimum Gasteiger partial charge on any atom is -0.489 e.